The quantitative estimate of drug-likeness (QED) is 0.750. The molecule has 130 valence electrons. The molecule has 1 heterocycles. The Labute approximate surface area is 148 Å². The van der Waals surface area contributed by atoms with Crippen molar-refractivity contribution in [3.63, 3.8) is 0 Å². The van der Waals surface area contributed by atoms with Gasteiger partial charge < -0.3 is 15.4 Å². The highest BCUT2D eigenvalue weighted by molar-refractivity contribution is 7.80. The molecular formula is C15H17ClF2N4OS. The largest absolute Gasteiger partial charge is 0.433 e. The lowest BCUT2D eigenvalue weighted by atomic mass is 10.2. The van der Waals surface area contributed by atoms with Crippen LogP contribution >= 0.6 is 23.8 Å². The highest BCUT2D eigenvalue weighted by Crippen LogP contribution is 2.27. The highest BCUT2D eigenvalue weighted by Gasteiger charge is 2.12. The molecule has 1 aromatic carbocycles. The van der Waals surface area contributed by atoms with Crippen molar-refractivity contribution in [3.8, 4) is 5.75 Å². The second-order valence-corrected chi connectivity index (χ2v) is 5.76. The number of ether oxygens (including phenoxy) is 1. The van der Waals surface area contributed by atoms with Gasteiger partial charge in [-0.15, -0.1) is 0 Å². The molecule has 0 atom stereocenters. The molecule has 2 rings (SSSR count). The predicted octanol–water partition coefficient (Wildman–Crippen LogP) is 3.95. The van der Waals surface area contributed by atoms with Gasteiger partial charge in [-0.2, -0.15) is 13.9 Å². The standard InChI is InChI=1S/C15H17ClF2N4OS/c1-3-22-12(10(16)7-20-22)8-19-15(24)21-11-5-4-9(2)6-13(11)23-14(17)18/h4-7,14H,3,8H2,1-2H3,(H2,19,21,24). The molecule has 0 amide bonds. The predicted molar refractivity (Wildman–Crippen MR) is 93.8 cm³/mol. The molecule has 1 aromatic heterocycles. The zero-order chi connectivity index (χ0) is 17.7. The Hall–Kier alpha value is -1.93. The van der Waals surface area contributed by atoms with E-state index in [0.29, 0.717) is 23.8 Å². The smallest absolute Gasteiger partial charge is 0.387 e. The summed E-state index contributed by atoms with van der Waals surface area (Å²) in [4.78, 5) is 0. The summed E-state index contributed by atoms with van der Waals surface area (Å²) in [5, 5.41) is 10.8. The number of aromatic nitrogens is 2. The minimum atomic E-state index is -2.91. The first kappa shape index (κ1) is 18.4. The molecule has 0 unspecified atom stereocenters. The average Bonchev–Trinajstić information content (AvgIpc) is 2.87. The molecular weight excluding hydrogens is 358 g/mol. The van der Waals surface area contributed by atoms with Crippen LogP contribution in [0, 0.1) is 6.92 Å². The van der Waals surface area contributed by atoms with Gasteiger partial charge in [-0.25, -0.2) is 0 Å². The van der Waals surface area contributed by atoms with E-state index in [1.807, 2.05) is 6.92 Å². The van der Waals surface area contributed by atoms with Gasteiger partial charge in [0.1, 0.15) is 5.75 Å². The second-order valence-electron chi connectivity index (χ2n) is 4.94. The number of thiocarbonyl (C=S) groups is 1. The molecule has 2 aromatic rings. The van der Waals surface area contributed by atoms with E-state index in [1.54, 1.807) is 29.9 Å². The number of rotatable bonds is 6. The minimum Gasteiger partial charge on any atom is -0.433 e. The lowest BCUT2D eigenvalue weighted by Gasteiger charge is -2.15. The van der Waals surface area contributed by atoms with Crippen molar-refractivity contribution in [3.05, 3.63) is 40.7 Å². The molecule has 9 heteroatoms. The summed E-state index contributed by atoms with van der Waals surface area (Å²) in [5.74, 6) is 0.0331. The Morgan fingerprint density at radius 3 is 2.88 bits per heavy atom. The third kappa shape index (κ3) is 4.78. The van der Waals surface area contributed by atoms with Crippen molar-refractivity contribution in [2.75, 3.05) is 5.32 Å². The molecule has 0 spiro atoms. The third-order valence-corrected chi connectivity index (χ3v) is 3.78. The SMILES string of the molecule is CCn1ncc(Cl)c1CNC(=S)Nc1ccc(C)cc1OC(F)F. The number of benzene rings is 1. The Balaban J connectivity index is 2.03. The fourth-order valence-electron chi connectivity index (χ4n) is 2.09. The molecule has 0 aliphatic rings. The van der Waals surface area contributed by atoms with Crippen LogP contribution in [-0.2, 0) is 13.1 Å². The van der Waals surface area contributed by atoms with Crippen LogP contribution in [0.15, 0.2) is 24.4 Å². The molecule has 0 bridgehead atoms. The normalized spacial score (nSPS) is 10.8. The van der Waals surface area contributed by atoms with Gasteiger partial charge in [0, 0.05) is 6.54 Å². The second kappa shape index (κ2) is 8.25. The van der Waals surface area contributed by atoms with Crippen LogP contribution in [0.3, 0.4) is 0 Å². The molecule has 0 fully saturated rings. The van der Waals surface area contributed by atoms with E-state index < -0.39 is 6.61 Å². The molecule has 24 heavy (non-hydrogen) atoms. The molecule has 0 aliphatic carbocycles. The van der Waals surface area contributed by atoms with Gasteiger partial charge in [-0.1, -0.05) is 17.7 Å². The van der Waals surface area contributed by atoms with E-state index in [0.717, 1.165) is 11.3 Å². The Bertz CT molecular complexity index is 723. The summed E-state index contributed by atoms with van der Waals surface area (Å²) >= 11 is 11.3. The van der Waals surface area contributed by atoms with Crippen LogP contribution < -0.4 is 15.4 Å². The summed E-state index contributed by atoms with van der Waals surface area (Å²) in [5.41, 5.74) is 1.94. The fourth-order valence-corrected chi connectivity index (χ4v) is 2.48. The van der Waals surface area contributed by atoms with Crippen molar-refractivity contribution in [1.82, 2.24) is 15.1 Å². The molecule has 2 N–H and O–H groups in total. The molecule has 0 saturated heterocycles. The number of nitrogens with zero attached hydrogens (tertiary/aromatic N) is 2. The number of anilines is 1. The molecule has 0 saturated carbocycles. The van der Waals surface area contributed by atoms with Crippen LogP contribution in [0.4, 0.5) is 14.5 Å². The van der Waals surface area contributed by atoms with Crippen molar-refractivity contribution in [1.29, 1.82) is 0 Å². The number of hydrogen-bond acceptors (Lipinski definition) is 3. The lowest BCUT2D eigenvalue weighted by molar-refractivity contribution is -0.0493. The summed E-state index contributed by atoms with van der Waals surface area (Å²) in [6, 6.07) is 4.91. The number of nitrogens with one attached hydrogen (secondary N) is 2. The number of alkyl halides is 2. The van der Waals surface area contributed by atoms with Gasteiger partial charge in [-0.05, 0) is 43.8 Å². The van der Waals surface area contributed by atoms with Crippen LogP contribution in [0.5, 0.6) is 5.75 Å². The topological polar surface area (TPSA) is 51.1 Å². The Kier molecular flexibility index (Phi) is 6.33. The van der Waals surface area contributed by atoms with E-state index in [-0.39, 0.29) is 10.9 Å². The summed E-state index contributed by atoms with van der Waals surface area (Å²) in [6.45, 7) is 1.85. The van der Waals surface area contributed by atoms with Gasteiger partial charge in [0.05, 0.1) is 29.1 Å². The van der Waals surface area contributed by atoms with E-state index in [2.05, 4.69) is 20.5 Å². The first-order valence-electron chi connectivity index (χ1n) is 7.21. The lowest BCUT2D eigenvalue weighted by Crippen LogP contribution is -2.29. The Morgan fingerprint density at radius 2 is 2.21 bits per heavy atom. The summed E-state index contributed by atoms with van der Waals surface area (Å²) in [6.07, 6.45) is 1.56. The van der Waals surface area contributed by atoms with Crippen molar-refractivity contribution >= 4 is 34.6 Å². The first-order valence-corrected chi connectivity index (χ1v) is 7.99. The number of hydrogen-bond donors (Lipinski definition) is 2. The van der Waals surface area contributed by atoms with Gasteiger partial charge in [-0.3, -0.25) is 4.68 Å². The maximum atomic E-state index is 12.5. The van der Waals surface area contributed by atoms with Crippen LogP contribution in [0.25, 0.3) is 0 Å². The van der Waals surface area contributed by atoms with Gasteiger partial charge in [0.2, 0.25) is 0 Å². The van der Waals surface area contributed by atoms with Gasteiger partial charge in [0.25, 0.3) is 0 Å². The summed E-state index contributed by atoms with van der Waals surface area (Å²) in [7, 11) is 0. The van der Waals surface area contributed by atoms with E-state index >= 15 is 0 Å². The minimum absolute atomic E-state index is 0.0331. The monoisotopic (exact) mass is 374 g/mol. The maximum Gasteiger partial charge on any atom is 0.387 e. The highest BCUT2D eigenvalue weighted by atomic mass is 35.5. The van der Waals surface area contributed by atoms with E-state index in [4.69, 9.17) is 23.8 Å². The van der Waals surface area contributed by atoms with Crippen molar-refractivity contribution in [2.24, 2.45) is 0 Å². The van der Waals surface area contributed by atoms with E-state index in [9.17, 15) is 8.78 Å². The zero-order valence-electron chi connectivity index (χ0n) is 13.1. The third-order valence-electron chi connectivity index (χ3n) is 3.22. The fraction of sp³-hybridized carbons (Fsp3) is 0.333. The Morgan fingerprint density at radius 1 is 1.46 bits per heavy atom. The first-order chi connectivity index (χ1) is 11.4. The zero-order valence-corrected chi connectivity index (χ0v) is 14.7. The van der Waals surface area contributed by atoms with Crippen molar-refractivity contribution in [2.45, 2.75) is 33.5 Å². The van der Waals surface area contributed by atoms with Gasteiger partial charge in [0.15, 0.2) is 5.11 Å². The molecule has 5 nitrogen and oxygen atoms in total. The number of halogens is 3. The van der Waals surface area contributed by atoms with Crippen molar-refractivity contribution < 1.29 is 13.5 Å². The van der Waals surface area contributed by atoms with E-state index in [1.165, 1.54) is 6.07 Å². The number of aryl methyl sites for hydroxylation is 2. The maximum absolute atomic E-state index is 12.5. The van der Waals surface area contributed by atoms with Crippen LogP contribution in [0.1, 0.15) is 18.2 Å². The van der Waals surface area contributed by atoms with Gasteiger partial charge >= 0.3 is 6.61 Å². The average molecular weight is 375 g/mol. The molecule has 0 radical (unpaired) electrons. The molecule has 0 aliphatic heterocycles. The van der Waals surface area contributed by atoms with Crippen LogP contribution in [0.2, 0.25) is 5.02 Å². The summed E-state index contributed by atoms with van der Waals surface area (Å²) < 4.78 is 31.3. The van der Waals surface area contributed by atoms with Crippen LogP contribution in [-0.4, -0.2) is 21.5 Å².